The maximum Gasteiger partial charge on any atom is 0.335 e. The van der Waals surface area contributed by atoms with Crippen molar-refractivity contribution in [2.45, 2.75) is 37.8 Å². The van der Waals surface area contributed by atoms with E-state index in [1.54, 1.807) is 25.3 Å². The van der Waals surface area contributed by atoms with Crippen LogP contribution in [0.5, 0.6) is 0 Å². The van der Waals surface area contributed by atoms with Crippen LogP contribution in [-0.2, 0) is 22.4 Å². The predicted octanol–water partition coefficient (Wildman–Crippen LogP) is 6.00. The van der Waals surface area contributed by atoms with Crippen molar-refractivity contribution in [3.8, 4) is 11.5 Å². The molecule has 1 fully saturated rings. The molecule has 0 radical (unpaired) electrons. The summed E-state index contributed by atoms with van der Waals surface area (Å²) in [4.78, 5) is 47.5. The molecule has 9 nitrogen and oxygen atoms in total. The zero-order valence-corrected chi connectivity index (χ0v) is 25.3. The Bertz CT molecular complexity index is 1750. The number of rotatable bonds is 8. The van der Waals surface area contributed by atoms with E-state index in [0.717, 1.165) is 49.0 Å². The number of carboxylic acid groups (broad SMARTS) is 1. The molecule has 0 saturated carbocycles. The minimum absolute atomic E-state index is 0.0184. The number of methoxy groups -OCH3 is 1. The van der Waals surface area contributed by atoms with E-state index >= 15 is 0 Å². The smallest absolute Gasteiger partial charge is 0.335 e. The number of oxazole rings is 1. The maximum atomic E-state index is 14.7. The fourth-order valence-electron chi connectivity index (χ4n) is 6.22. The molecule has 232 valence electrons. The Morgan fingerprint density at radius 3 is 2.49 bits per heavy atom. The Kier molecular flexibility index (Phi) is 8.69. The molecule has 3 heterocycles. The second-order valence-corrected chi connectivity index (χ2v) is 11.6. The van der Waals surface area contributed by atoms with Gasteiger partial charge in [-0.2, -0.15) is 0 Å². The Labute approximate surface area is 264 Å². The van der Waals surface area contributed by atoms with E-state index in [4.69, 9.17) is 20.8 Å². The molecule has 1 unspecified atom stereocenters. The third-order valence-electron chi connectivity index (χ3n) is 8.56. The number of hydrogen-bond donors (Lipinski definition) is 1. The zero-order valence-electron chi connectivity index (χ0n) is 24.5. The van der Waals surface area contributed by atoms with E-state index in [2.05, 4.69) is 16.0 Å². The van der Waals surface area contributed by atoms with Crippen molar-refractivity contribution >= 4 is 34.9 Å². The fraction of sp³-hybridized carbons (Fsp3) is 0.294. The molecule has 2 aliphatic heterocycles. The summed E-state index contributed by atoms with van der Waals surface area (Å²) in [6.07, 6.45) is 3.66. The molecule has 0 bridgehead atoms. The maximum absolute atomic E-state index is 14.7. The van der Waals surface area contributed by atoms with Gasteiger partial charge in [0.05, 0.1) is 22.3 Å². The second-order valence-electron chi connectivity index (χ2n) is 11.2. The van der Waals surface area contributed by atoms with Crippen molar-refractivity contribution in [3.05, 3.63) is 106 Å². The number of piperidine rings is 1. The molecule has 1 saturated heterocycles. The standard InChI is InChI=1S/C34H31ClFN3O6/c1-44-22-12-15-38(16-13-22)28-7-3-4-24-23(28)14-17-39(31(24)29(40)18-20-8-10-21(11-9-20)34(42)43)33(41)27-19-45-32(37-27)25-5-2-6-26(35)30(25)36/h2-11,19,22,31H,12-18H2,1H3,(H,42,43). The van der Waals surface area contributed by atoms with Crippen molar-refractivity contribution in [1.29, 1.82) is 0 Å². The quantitative estimate of drug-likeness (QED) is 0.252. The summed E-state index contributed by atoms with van der Waals surface area (Å²) < 4.78 is 25.7. The SMILES string of the molecule is COC1CCN(c2cccc3c2CCN(C(=O)c2coc(-c4cccc(Cl)c4F)n2)C3C(=O)Cc2ccc(C(=O)O)cc2)CC1. The van der Waals surface area contributed by atoms with Crippen molar-refractivity contribution in [2.24, 2.45) is 0 Å². The van der Waals surface area contributed by atoms with Crippen molar-refractivity contribution in [2.75, 3.05) is 31.6 Å². The average molecular weight is 632 g/mol. The molecular formula is C34H31ClFN3O6. The molecule has 4 aromatic rings. The van der Waals surface area contributed by atoms with Gasteiger partial charge in [0.2, 0.25) is 5.89 Å². The number of nitrogens with zero attached hydrogens (tertiary/aromatic N) is 3. The highest BCUT2D eigenvalue weighted by Crippen LogP contribution is 2.39. The third-order valence-corrected chi connectivity index (χ3v) is 8.85. The van der Waals surface area contributed by atoms with Crippen molar-refractivity contribution in [3.63, 3.8) is 0 Å². The Balaban J connectivity index is 1.34. The number of carbonyl (C=O) groups is 3. The first kappa shape index (κ1) is 30.5. The van der Waals surface area contributed by atoms with E-state index in [9.17, 15) is 23.9 Å². The zero-order chi connectivity index (χ0) is 31.7. The largest absolute Gasteiger partial charge is 0.478 e. The first-order chi connectivity index (χ1) is 21.7. The van der Waals surface area contributed by atoms with Gasteiger partial charge in [-0.1, -0.05) is 41.9 Å². The van der Waals surface area contributed by atoms with E-state index < -0.39 is 23.7 Å². The summed E-state index contributed by atoms with van der Waals surface area (Å²) in [7, 11) is 1.73. The van der Waals surface area contributed by atoms with Crippen LogP contribution in [0.25, 0.3) is 11.5 Å². The highest BCUT2D eigenvalue weighted by molar-refractivity contribution is 6.31. The number of ketones is 1. The Hall–Kier alpha value is -4.54. The first-order valence-electron chi connectivity index (χ1n) is 14.7. The van der Waals surface area contributed by atoms with Crippen LogP contribution in [0.15, 0.2) is 71.3 Å². The molecule has 2 aliphatic rings. The van der Waals surface area contributed by atoms with Gasteiger partial charge in [-0.25, -0.2) is 14.2 Å². The van der Waals surface area contributed by atoms with Gasteiger partial charge >= 0.3 is 5.97 Å². The number of carbonyl (C=O) groups excluding carboxylic acids is 2. The molecule has 11 heteroatoms. The number of fused-ring (bicyclic) bond motifs is 1. The summed E-state index contributed by atoms with van der Waals surface area (Å²) in [5.74, 6) is -2.62. The number of aromatic nitrogens is 1. The van der Waals surface area contributed by atoms with Crippen molar-refractivity contribution < 1.29 is 33.0 Å². The van der Waals surface area contributed by atoms with E-state index in [0.29, 0.717) is 12.0 Å². The number of benzene rings is 3. The molecule has 0 spiro atoms. The molecule has 1 amide bonds. The lowest BCUT2D eigenvalue weighted by Crippen LogP contribution is -2.45. The van der Waals surface area contributed by atoms with Gasteiger partial charge in [0.15, 0.2) is 17.3 Å². The predicted molar refractivity (Wildman–Crippen MR) is 165 cm³/mol. The lowest BCUT2D eigenvalue weighted by Gasteiger charge is -2.40. The summed E-state index contributed by atoms with van der Waals surface area (Å²) in [6.45, 7) is 1.88. The normalized spacial score (nSPS) is 16.8. The van der Waals surface area contributed by atoms with Crippen LogP contribution >= 0.6 is 11.6 Å². The number of anilines is 1. The minimum atomic E-state index is -1.06. The molecule has 0 aliphatic carbocycles. The van der Waals surface area contributed by atoms with Gasteiger partial charge in [0.1, 0.15) is 12.3 Å². The van der Waals surface area contributed by atoms with Crippen molar-refractivity contribution in [1.82, 2.24) is 9.88 Å². The number of halogens is 2. The van der Waals surface area contributed by atoms with Gasteiger partial charge in [0, 0.05) is 38.9 Å². The number of amides is 1. The van der Waals surface area contributed by atoms with Gasteiger partial charge in [0.25, 0.3) is 5.91 Å². The van der Waals surface area contributed by atoms with Crippen LogP contribution in [0, 0.1) is 5.82 Å². The molecule has 1 atom stereocenters. The van der Waals surface area contributed by atoms with Crippen LogP contribution < -0.4 is 4.90 Å². The monoisotopic (exact) mass is 631 g/mol. The summed E-state index contributed by atoms with van der Waals surface area (Å²) >= 11 is 5.93. The molecule has 45 heavy (non-hydrogen) atoms. The average Bonchev–Trinajstić information content (AvgIpc) is 3.55. The molecular weight excluding hydrogens is 601 g/mol. The molecule has 3 aromatic carbocycles. The third kappa shape index (κ3) is 6.08. The van der Waals surface area contributed by atoms with E-state index in [1.165, 1.54) is 29.2 Å². The second kappa shape index (κ2) is 12.8. The van der Waals surface area contributed by atoms with Crippen LogP contribution in [0.1, 0.15) is 56.4 Å². The highest BCUT2D eigenvalue weighted by Gasteiger charge is 2.39. The number of aromatic carboxylic acids is 1. The molecule has 1 N–H and O–H groups in total. The fourth-order valence-corrected chi connectivity index (χ4v) is 6.39. The van der Waals surface area contributed by atoms with E-state index in [-0.39, 0.29) is 52.6 Å². The van der Waals surface area contributed by atoms with Gasteiger partial charge < -0.3 is 24.1 Å². The lowest BCUT2D eigenvalue weighted by atomic mass is 9.86. The first-order valence-corrected chi connectivity index (χ1v) is 15.1. The minimum Gasteiger partial charge on any atom is -0.478 e. The van der Waals surface area contributed by atoms with Gasteiger partial charge in [-0.05, 0) is 66.3 Å². The molecule has 1 aromatic heterocycles. The number of ether oxygens (including phenoxy) is 1. The summed E-state index contributed by atoms with van der Waals surface area (Å²) in [6, 6.07) is 15.5. The van der Waals surface area contributed by atoms with E-state index in [1.807, 2.05) is 12.1 Å². The number of carboxylic acids is 1. The van der Waals surface area contributed by atoms with Crippen LogP contribution in [0.4, 0.5) is 10.1 Å². The van der Waals surface area contributed by atoms with Gasteiger partial charge in [-0.3, -0.25) is 9.59 Å². The number of hydrogen-bond acceptors (Lipinski definition) is 7. The Morgan fingerprint density at radius 2 is 1.78 bits per heavy atom. The topological polar surface area (TPSA) is 113 Å². The highest BCUT2D eigenvalue weighted by atomic mass is 35.5. The van der Waals surface area contributed by atoms with Gasteiger partial charge in [-0.15, -0.1) is 0 Å². The summed E-state index contributed by atoms with van der Waals surface area (Å²) in [5, 5.41) is 9.18. The summed E-state index contributed by atoms with van der Waals surface area (Å²) in [5.41, 5.74) is 3.49. The van der Waals surface area contributed by atoms with Crippen LogP contribution in [0.2, 0.25) is 5.02 Å². The Morgan fingerprint density at radius 1 is 1.04 bits per heavy atom. The lowest BCUT2D eigenvalue weighted by molar-refractivity contribution is -0.123. The molecule has 6 rings (SSSR count). The van der Waals surface area contributed by atoms with Crippen LogP contribution in [0.3, 0.4) is 0 Å². The number of Topliss-reactive ketones (excluding diaryl/α,β-unsaturated/α-hetero) is 1. The van der Waals surface area contributed by atoms with Crippen LogP contribution in [-0.4, -0.2) is 65.5 Å².